The number of nitrogens with one attached hydrogen (secondary N) is 3. The van der Waals surface area contributed by atoms with E-state index in [4.69, 9.17) is 16.3 Å². The first kappa shape index (κ1) is 23.6. The first-order valence-electron chi connectivity index (χ1n) is 9.98. The molecule has 1 aliphatic heterocycles. The maximum Gasteiger partial charge on any atom is 0.418 e. The minimum atomic E-state index is -1.06. The number of fused-ring (bicyclic) bond motifs is 1. The van der Waals surface area contributed by atoms with Crippen LogP contribution in [0.5, 0.6) is 5.75 Å². The summed E-state index contributed by atoms with van der Waals surface area (Å²) in [6, 6.07) is 7.28. The Balaban J connectivity index is 1.72. The van der Waals surface area contributed by atoms with Gasteiger partial charge < -0.3 is 19.9 Å². The molecule has 3 amide bonds. The lowest BCUT2D eigenvalue weighted by molar-refractivity contribution is -0.384. The van der Waals surface area contributed by atoms with E-state index in [0.29, 0.717) is 0 Å². The van der Waals surface area contributed by atoms with Gasteiger partial charge in [-0.25, -0.2) is 14.2 Å². The molecule has 2 aromatic carbocycles. The van der Waals surface area contributed by atoms with E-state index >= 15 is 0 Å². The summed E-state index contributed by atoms with van der Waals surface area (Å²) < 4.78 is 20.4. The number of aromatic nitrogens is 2. The second kappa shape index (κ2) is 9.38. The fourth-order valence-corrected chi connectivity index (χ4v) is 3.77. The average Bonchev–Trinajstić information content (AvgIpc) is 3.17. The van der Waals surface area contributed by atoms with Gasteiger partial charge in [-0.05, 0) is 30.3 Å². The van der Waals surface area contributed by atoms with Crippen molar-refractivity contribution >= 4 is 41.0 Å². The van der Waals surface area contributed by atoms with Crippen LogP contribution in [0.4, 0.5) is 20.7 Å². The number of nitro groups is 1. The lowest BCUT2D eigenvalue weighted by atomic mass is 10.0. The first-order chi connectivity index (χ1) is 16.7. The van der Waals surface area contributed by atoms with Gasteiger partial charge in [-0.1, -0.05) is 11.6 Å². The van der Waals surface area contributed by atoms with Gasteiger partial charge in [-0.15, -0.1) is 0 Å². The fraction of sp³-hybridized carbons (Fsp3) is 0.143. The lowest BCUT2D eigenvalue weighted by Crippen LogP contribution is -2.41. The first-order valence-corrected chi connectivity index (χ1v) is 10.4. The van der Waals surface area contributed by atoms with Crippen molar-refractivity contribution in [3.05, 3.63) is 80.5 Å². The van der Waals surface area contributed by atoms with Crippen LogP contribution in [-0.2, 0) is 11.3 Å². The van der Waals surface area contributed by atoms with Crippen LogP contribution in [0.3, 0.4) is 0 Å². The summed E-state index contributed by atoms with van der Waals surface area (Å²) in [7, 11) is 1.36. The van der Waals surface area contributed by atoms with Crippen LogP contribution in [0.25, 0.3) is 0 Å². The minimum absolute atomic E-state index is 0.00530. The molecule has 0 saturated carbocycles. The predicted molar refractivity (Wildman–Crippen MR) is 120 cm³/mol. The fourth-order valence-electron chi connectivity index (χ4n) is 3.54. The Labute approximate surface area is 201 Å². The molecule has 0 fully saturated rings. The van der Waals surface area contributed by atoms with Crippen LogP contribution < -0.4 is 20.7 Å². The zero-order valence-corrected chi connectivity index (χ0v) is 18.6. The molecule has 1 aromatic heterocycles. The molecule has 0 spiro atoms. The Hall–Kier alpha value is -4.52. The molecule has 2 heterocycles. The molecule has 0 aliphatic carbocycles. The summed E-state index contributed by atoms with van der Waals surface area (Å²) in [5, 5.41) is 18.4. The number of rotatable bonds is 5. The average molecular weight is 503 g/mol. The lowest BCUT2D eigenvalue weighted by Gasteiger charge is -2.28. The summed E-state index contributed by atoms with van der Waals surface area (Å²) in [4.78, 5) is 51.8. The molecule has 35 heavy (non-hydrogen) atoms. The highest BCUT2D eigenvalue weighted by atomic mass is 35.5. The summed E-state index contributed by atoms with van der Waals surface area (Å²) in [5.41, 5.74) is 0.147. The number of imidazole rings is 1. The van der Waals surface area contributed by atoms with Gasteiger partial charge in [-0.3, -0.25) is 25.0 Å². The SMILES string of the molecule is CNC(=O)c1nc(NC(=O)Oc2ccc([N+](=O)[O-])cc2)c2n1CC(=O)NC2c1cc(F)ccc1Cl. The smallest absolute Gasteiger partial charge is 0.410 e. The third-order valence-corrected chi connectivity index (χ3v) is 5.41. The molecule has 0 bridgehead atoms. The number of amides is 3. The molecule has 12 nitrogen and oxygen atoms in total. The number of carbonyl (C=O) groups is 3. The monoisotopic (exact) mass is 502 g/mol. The largest absolute Gasteiger partial charge is 0.418 e. The van der Waals surface area contributed by atoms with Crippen molar-refractivity contribution in [1.29, 1.82) is 0 Å². The molecule has 1 aliphatic rings. The van der Waals surface area contributed by atoms with E-state index in [-0.39, 0.29) is 45.9 Å². The van der Waals surface area contributed by atoms with Crippen LogP contribution in [0, 0.1) is 15.9 Å². The second-order valence-corrected chi connectivity index (χ2v) is 7.67. The van der Waals surface area contributed by atoms with Crippen molar-refractivity contribution in [2.45, 2.75) is 12.6 Å². The van der Waals surface area contributed by atoms with E-state index < -0.39 is 34.7 Å². The highest BCUT2D eigenvalue weighted by Crippen LogP contribution is 2.36. The normalized spacial score (nSPS) is 14.5. The number of carbonyl (C=O) groups excluding carboxylic acids is 3. The van der Waals surface area contributed by atoms with E-state index in [9.17, 15) is 28.9 Å². The van der Waals surface area contributed by atoms with Crippen molar-refractivity contribution in [2.75, 3.05) is 12.4 Å². The quantitative estimate of drug-likeness (QED) is 0.357. The third kappa shape index (κ3) is 4.75. The molecule has 3 aromatic rings. The van der Waals surface area contributed by atoms with Crippen LogP contribution in [0.1, 0.15) is 27.9 Å². The Morgan fingerprint density at radius 3 is 2.66 bits per heavy atom. The van der Waals surface area contributed by atoms with Crippen molar-refractivity contribution in [3.8, 4) is 5.75 Å². The second-order valence-electron chi connectivity index (χ2n) is 7.27. The van der Waals surface area contributed by atoms with Gasteiger partial charge in [-0.2, -0.15) is 0 Å². The van der Waals surface area contributed by atoms with Crippen molar-refractivity contribution in [1.82, 2.24) is 20.2 Å². The number of non-ortho nitro benzene ring substituents is 1. The Bertz CT molecular complexity index is 1360. The summed E-state index contributed by atoms with van der Waals surface area (Å²) >= 11 is 6.25. The van der Waals surface area contributed by atoms with Gasteiger partial charge in [0.2, 0.25) is 11.7 Å². The van der Waals surface area contributed by atoms with Crippen LogP contribution in [0.2, 0.25) is 5.02 Å². The van der Waals surface area contributed by atoms with Crippen LogP contribution in [0.15, 0.2) is 42.5 Å². The van der Waals surface area contributed by atoms with E-state index in [0.717, 1.165) is 24.3 Å². The minimum Gasteiger partial charge on any atom is -0.410 e. The van der Waals surface area contributed by atoms with Crippen molar-refractivity contribution in [2.24, 2.45) is 0 Å². The molecule has 180 valence electrons. The van der Waals surface area contributed by atoms with Gasteiger partial charge in [0.1, 0.15) is 18.1 Å². The maximum absolute atomic E-state index is 14.0. The molecule has 0 radical (unpaired) electrons. The molecular formula is C21H16ClFN6O6. The third-order valence-electron chi connectivity index (χ3n) is 5.07. The molecule has 1 unspecified atom stereocenters. The topological polar surface area (TPSA) is 157 Å². The van der Waals surface area contributed by atoms with Crippen molar-refractivity contribution < 1.29 is 28.4 Å². The Morgan fingerprint density at radius 1 is 1.29 bits per heavy atom. The van der Waals surface area contributed by atoms with Crippen molar-refractivity contribution in [3.63, 3.8) is 0 Å². The molecule has 4 rings (SSSR count). The highest BCUT2D eigenvalue weighted by molar-refractivity contribution is 6.31. The number of anilines is 1. The van der Waals surface area contributed by atoms with Gasteiger partial charge in [0.15, 0.2) is 5.82 Å². The van der Waals surface area contributed by atoms with E-state index in [1.807, 2.05) is 0 Å². The molecule has 3 N–H and O–H groups in total. The number of ether oxygens (including phenoxy) is 1. The van der Waals surface area contributed by atoms with Gasteiger partial charge in [0.05, 0.1) is 16.7 Å². The van der Waals surface area contributed by atoms with Crippen LogP contribution in [-0.4, -0.2) is 39.4 Å². The van der Waals surface area contributed by atoms with E-state index in [2.05, 4.69) is 20.9 Å². The Kier molecular flexibility index (Phi) is 6.34. The number of benzene rings is 2. The zero-order valence-electron chi connectivity index (χ0n) is 17.9. The van der Waals surface area contributed by atoms with Crippen LogP contribution >= 0.6 is 11.6 Å². The van der Waals surface area contributed by atoms with E-state index in [1.54, 1.807) is 0 Å². The summed E-state index contributed by atoms with van der Waals surface area (Å²) in [6.45, 7) is -0.298. The molecular weight excluding hydrogens is 487 g/mol. The molecule has 14 heteroatoms. The number of nitrogens with zero attached hydrogens (tertiary/aromatic N) is 3. The number of halogens is 2. The van der Waals surface area contributed by atoms with Gasteiger partial charge in [0, 0.05) is 29.8 Å². The Morgan fingerprint density at radius 2 is 2.00 bits per heavy atom. The number of hydrogen-bond acceptors (Lipinski definition) is 7. The number of hydrogen-bond donors (Lipinski definition) is 3. The predicted octanol–water partition coefficient (Wildman–Crippen LogP) is 2.77. The zero-order chi connectivity index (χ0) is 25.3. The summed E-state index contributed by atoms with van der Waals surface area (Å²) in [6.07, 6.45) is -1.02. The van der Waals surface area contributed by atoms with Gasteiger partial charge in [0.25, 0.3) is 11.6 Å². The summed E-state index contributed by atoms with van der Waals surface area (Å²) in [5.74, 6) is -2.06. The van der Waals surface area contributed by atoms with Gasteiger partial charge >= 0.3 is 6.09 Å². The molecule has 1 atom stereocenters. The standard InChI is InChI=1S/C21H16ClFN6O6/c1-24-20(31)19-26-18(27-21(32)35-12-5-3-11(4-6-12)29(33)34)17-16(25-15(30)9-28(17)19)13-8-10(23)2-7-14(13)22/h2-8,16H,9H2,1H3,(H,24,31)(H,25,30)(H,27,32). The highest BCUT2D eigenvalue weighted by Gasteiger charge is 2.36. The number of nitro benzene ring substituents is 1. The maximum atomic E-state index is 14.0. The molecule has 0 saturated heterocycles. The van der Waals surface area contributed by atoms with E-state index in [1.165, 1.54) is 29.8 Å².